The third kappa shape index (κ3) is 5.68. The lowest BCUT2D eigenvalue weighted by Gasteiger charge is -2.22. The van der Waals surface area contributed by atoms with Gasteiger partial charge in [0.05, 0.1) is 11.9 Å². The number of benzene rings is 1. The molecule has 1 aromatic carbocycles. The number of ether oxygens (including phenoxy) is 1. The average molecular weight is 451 g/mol. The van der Waals surface area contributed by atoms with Gasteiger partial charge in [-0.25, -0.2) is 14.2 Å². The van der Waals surface area contributed by atoms with Crippen molar-refractivity contribution in [1.82, 2.24) is 10.3 Å². The molecule has 11 heteroatoms. The fraction of sp³-hybridized carbons (Fsp3) is 0.300. The van der Waals surface area contributed by atoms with Gasteiger partial charge >= 0.3 is 6.09 Å². The molecule has 9 nitrogen and oxygen atoms in total. The van der Waals surface area contributed by atoms with E-state index < -0.39 is 23.6 Å². The van der Waals surface area contributed by atoms with Crippen LogP contribution in [-0.4, -0.2) is 46.9 Å². The van der Waals surface area contributed by atoms with Crippen LogP contribution < -0.4 is 15.5 Å². The van der Waals surface area contributed by atoms with Crippen molar-refractivity contribution in [2.24, 2.45) is 0 Å². The van der Waals surface area contributed by atoms with E-state index in [0.29, 0.717) is 17.1 Å². The summed E-state index contributed by atoms with van der Waals surface area (Å²) in [6.07, 6.45) is 0.516. The van der Waals surface area contributed by atoms with Gasteiger partial charge in [0.15, 0.2) is 0 Å². The van der Waals surface area contributed by atoms with E-state index in [1.165, 1.54) is 36.2 Å². The number of alkyl carbamates (subject to hydrolysis) is 1. The minimum atomic E-state index is -2.32. The number of anilines is 2. The number of aliphatic hydroxyl groups is 1. The Labute approximate surface area is 182 Å². The Morgan fingerprint density at radius 3 is 2.77 bits per heavy atom. The zero-order chi connectivity index (χ0) is 22.6. The van der Waals surface area contributed by atoms with Crippen LogP contribution in [0.3, 0.4) is 0 Å². The molecule has 1 atom stereocenters. The van der Waals surface area contributed by atoms with Crippen LogP contribution in [0, 0.1) is 5.82 Å². The summed E-state index contributed by atoms with van der Waals surface area (Å²) >= 11 is 5.78. The molecular formula is C20H20ClFN4O5. The highest BCUT2D eigenvalue weighted by atomic mass is 35.5. The van der Waals surface area contributed by atoms with E-state index in [0.717, 1.165) is 0 Å². The van der Waals surface area contributed by atoms with Crippen molar-refractivity contribution in [3.63, 3.8) is 0 Å². The second kappa shape index (κ2) is 9.27. The van der Waals surface area contributed by atoms with Crippen LogP contribution in [-0.2, 0) is 20.7 Å². The molecule has 1 saturated heterocycles. The molecule has 31 heavy (non-hydrogen) atoms. The monoisotopic (exact) mass is 450 g/mol. The van der Waals surface area contributed by atoms with E-state index in [4.69, 9.17) is 16.3 Å². The first-order chi connectivity index (χ1) is 14.7. The standard InChI is InChI=1S/C20H20ClFN4O5/c1-12(27)25-17-3-2-16(11-24-17)26-7-5-20(30,18(26)28)31-19(29)23-6-4-13-8-14(21)10-15(22)9-13/h2-3,8-11,30H,4-7H2,1H3,(H,23,29)(H,24,25,27). The van der Waals surface area contributed by atoms with E-state index >= 15 is 0 Å². The summed E-state index contributed by atoms with van der Waals surface area (Å²) in [5, 5.41) is 15.7. The molecule has 3 amide bonds. The SMILES string of the molecule is CC(=O)Nc1ccc(N2CCC(O)(OC(=O)NCCc3cc(F)cc(Cl)c3)C2=O)cn1. The van der Waals surface area contributed by atoms with Crippen LogP contribution in [0.25, 0.3) is 0 Å². The predicted molar refractivity (Wildman–Crippen MR) is 110 cm³/mol. The average Bonchev–Trinajstić information content (AvgIpc) is 2.96. The molecule has 1 fully saturated rings. The lowest BCUT2D eigenvalue weighted by atomic mass is 10.1. The smallest absolute Gasteiger partial charge is 0.407 e. The van der Waals surface area contributed by atoms with E-state index in [1.807, 2.05) is 0 Å². The molecule has 1 aromatic heterocycles. The van der Waals surface area contributed by atoms with Gasteiger partial charge in [-0.05, 0) is 42.3 Å². The zero-order valence-electron chi connectivity index (χ0n) is 16.5. The maximum Gasteiger partial charge on any atom is 0.410 e. The maximum atomic E-state index is 13.3. The summed E-state index contributed by atoms with van der Waals surface area (Å²) in [5.74, 6) is -3.59. The highest BCUT2D eigenvalue weighted by Crippen LogP contribution is 2.29. The maximum absolute atomic E-state index is 13.3. The van der Waals surface area contributed by atoms with Gasteiger partial charge in [-0.2, -0.15) is 0 Å². The number of aromatic nitrogens is 1. The molecule has 2 aromatic rings. The largest absolute Gasteiger partial charge is 0.410 e. The van der Waals surface area contributed by atoms with E-state index in [1.54, 1.807) is 12.1 Å². The fourth-order valence-corrected chi connectivity index (χ4v) is 3.32. The van der Waals surface area contributed by atoms with Gasteiger partial charge in [-0.3, -0.25) is 9.59 Å². The molecule has 0 radical (unpaired) electrons. The fourth-order valence-electron chi connectivity index (χ4n) is 3.08. The third-order valence-corrected chi connectivity index (χ3v) is 4.70. The number of hydrogen-bond acceptors (Lipinski definition) is 6. The lowest BCUT2D eigenvalue weighted by molar-refractivity contribution is -0.175. The van der Waals surface area contributed by atoms with Crippen molar-refractivity contribution in [2.75, 3.05) is 23.3 Å². The van der Waals surface area contributed by atoms with Crippen molar-refractivity contribution in [1.29, 1.82) is 0 Å². The summed E-state index contributed by atoms with van der Waals surface area (Å²) in [5.41, 5.74) is 0.948. The molecular weight excluding hydrogens is 431 g/mol. The molecule has 1 aliphatic heterocycles. The lowest BCUT2D eigenvalue weighted by Crippen LogP contribution is -2.46. The molecule has 1 unspecified atom stereocenters. The molecule has 164 valence electrons. The van der Waals surface area contributed by atoms with Crippen LogP contribution in [0.1, 0.15) is 18.9 Å². The Hall–Kier alpha value is -3.24. The van der Waals surface area contributed by atoms with Gasteiger partial charge in [0.1, 0.15) is 11.6 Å². The Balaban J connectivity index is 1.54. The van der Waals surface area contributed by atoms with Crippen LogP contribution in [0.5, 0.6) is 0 Å². The highest BCUT2D eigenvalue weighted by Gasteiger charge is 2.49. The Bertz CT molecular complexity index is 983. The highest BCUT2D eigenvalue weighted by molar-refractivity contribution is 6.30. The second-order valence-electron chi connectivity index (χ2n) is 6.92. The molecule has 0 aliphatic carbocycles. The van der Waals surface area contributed by atoms with Gasteiger partial charge in [0.2, 0.25) is 5.91 Å². The number of halogens is 2. The van der Waals surface area contributed by atoms with E-state index in [9.17, 15) is 23.9 Å². The van der Waals surface area contributed by atoms with Gasteiger partial charge in [-0.15, -0.1) is 0 Å². The number of hydrogen-bond donors (Lipinski definition) is 3. The van der Waals surface area contributed by atoms with Crippen LogP contribution in [0.15, 0.2) is 36.5 Å². The van der Waals surface area contributed by atoms with Crippen LogP contribution >= 0.6 is 11.6 Å². The molecule has 2 heterocycles. The van der Waals surface area contributed by atoms with Gasteiger partial charge in [0, 0.05) is 31.5 Å². The van der Waals surface area contributed by atoms with Crippen molar-refractivity contribution in [2.45, 2.75) is 25.6 Å². The number of rotatable bonds is 6. The minimum Gasteiger partial charge on any atom is -0.407 e. The summed E-state index contributed by atoms with van der Waals surface area (Å²) in [7, 11) is 0. The number of carbonyl (C=O) groups is 3. The number of amides is 3. The van der Waals surface area contributed by atoms with E-state index in [2.05, 4.69) is 15.6 Å². The predicted octanol–water partition coefficient (Wildman–Crippen LogP) is 2.23. The van der Waals surface area contributed by atoms with Crippen molar-refractivity contribution < 1.29 is 28.6 Å². The van der Waals surface area contributed by atoms with Gasteiger partial charge in [0.25, 0.3) is 11.7 Å². The Kier molecular flexibility index (Phi) is 6.71. The summed E-state index contributed by atoms with van der Waals surface area (Å²) in [4.78, 5) is 41.0. The first-order valence-electron chi connectivity index (χ1n) is 9.36. The van der Waals surface area contributed by atoms with Crippen molar-refractivity contribution >= 4 is 41.0 Å². The molecule has 3 N–H and O–H groups in total. The van der Waals surface area contributed by atoms with Crippen LogP contribution in [0.4, 0.5) is 20.7 Å². The minimum absolute atomic E-state index is 0.0845. The second-order valence-corrected chi connectivity index (χ2v) is 7.35. The quantitative estimate of drug-likeness (QED) is 0.580. The number of nitrogens with zero attached hydrogens (tertiary/aromatic N) is 2. The van der Waals surface area contributed by atoms with Gasteiger partial charge < -0.3 is 25.4 Å². The topological polar surface area (TPSA) is 121 Å². The molecule has 1 aliphatic rings. The summed E-state index contributed by atoms with van der Waals surface area (Å²) < 4.78 is 18.3. The Morgan fingerprint density at radius 1 is 1.35 bits per heavy atom. The Morgan fingerprint density at radius 2 is 2.13 bits per heavy atom. The van der Waals surface area contributed by atoms with Crippen molar-refractivity contribution in [3.8, 4) is 0 Å². The summed E-state index contributed by atoms with van der Waals surface area (Å²) in [6.45, 7) is 1.53. The first kappa shape index (κ1) is 22.4. The number of nitrogens with one attached hydrogen (secondary N) is 2. The van der Waals surface area contributed by atoms with Crippen molar-refractivity contribution in [3.05, 3.63) is 52.9 Å². The molecule has 0 saturated carbocycles. The normalized spacial score (nSPS) is 18.1. The van der Waals surface area contributed by atoms with E-state index in [-0.39, 0.29) is 36.9 Å². The number of carbonyl (C=O) groups excluding carboxylic acids is 3. The zero-order valence-corrected chi connectivity index (χ0v) is 17.3. The first-order valence-corrected chi connectivity index (χ1v) is 9.74. The van der Waals surface area contributed by atoms with Gasteiger partial charge in [-0.1, -0.05) is 11.6 Å². The number of pyridine rings is 1. The molecule has 3 rings (SSSR count). The van der Waals surface area contributed by atoms with Crippen LogP contribution in [0.2, 0.25) is 5.02 Å². The molecule has 0 spiro atoms. The summed E-state index contributed by atoms with van der Waals surface area (Å²) in [6, 6.07) is 7.08. The molecule has 0 bridgehead atoms. The third-order valence-electron chi connectivity index (χ3n) is 4.48.